The van der Waals surface area contributed by atoms with Gasteiger partial charge in [-0.15, -0.1) is 0 Å². The lowest BCUT2D eigenvalue weighted by atomic mass is 9.86. The number of hydrogen-bond acceptors (Lipinski definition) is 4. The van der Waals surface area contributed by atoms with E-state index in [1.165, 1.54) is 0 Å². The van der Waals surface area contributed by atoms with Gasteiger partial charge in [0.1, 0.15) is 12.2 Å². The van der Waals surface area contributed by atoms with E-state index in [-0.39, 0.29) is 11.6 Å². The first-order chi connectivity index (χ1) is 7.41. The molecule has 1 aromatic rings. The maximum atomic E-state index is 6.30. The summed E-state index contributed by atoms with van der Waals surface area (Å²) >= 11 is 0. The number of aromatic nitrogens is 3. The van der Waals surface area contributed by atoms with Gasteiger partial charge in [-0.25, -0.2) is 4.98 Å². The van der Waals surface area contributed by atoms with Gasteiger partial charge < -0.3 is 10.6 Å². The first-order valence-electron chi connectivity index (χ1n) is 5.67. The normalized spacial score (nSPS) is 17.4. The molecule has 16 heavy (non-hydrogen) atoms. The number of rotatable bonds is 5. The zero-order valence-electron chi connectivity index (χ0n) is 10.9. The number of nitrogens with two attached hydrogens (primary N) is 1. The molecule has 0 fully saturated rings. The maximum Gasteiger partial charge on any atom is 0.138 e. The van der Waals surface area contributed by atoms with E-state index in [4.69, 9.17) is 5.73 Å². The van der Waals surface area contributed by atoms with Crippen molar-refractivity contribution in [1.82, 2.24) is 19.7 Å². The van der Waals surface area contributed by atoms with Gasteiger partial charge in [0.05, 0.1) is 0 Å². The van der Waals surface area contributed by atoms with Crippen molar-refractivity contribution in [2.45, 2.75) is 38.3 Å². The van der Waals surface area contributed by atoms with Gasteiger partial charge in [0.15, 0.2) is 0 Å². The minimum Gasteiger partial charge on any atom is -0.326 e. The van der Waals surface area contributed by atoms with Gasteiger partial charge in [-0.2, -0.15) is 5.10 Å². The lowest BCUT2D eigenvalue weighted by Gasteiger charge is -2.40. The monoisotopic (exact) mass is 225 g/mol. The van der Waals surface area contributed by atoms with E-state index in [1.807, 2.05) is 7.05 Å². The highest BCUT2D eigenvalue weighted by atomic mass is 15.3. The third kappa shape index (κ3) is 2.41. The molecule has 1 aromatic heterocycles. The molecule has 0 saturated carbocycles. The summed E-state index contributed by atoms with van der Waals surface area (Å²) in [4.78, 5) is 6.40. The zero-order valence-corrected chi connectivity index (χ0v) is 10.9. The number of nitrogens with zero attached hydrogens (tertiary/aromatic N) is 4. The Labute approximate surface area is 97.6 Å². The quantitative estimate of drug-likeness (QED) is 0.789. The van der Waals surface area contributed by atoms with Gasteiger partial charge in [-0.1, -0.05) is 6.92 Å². The van der Waals surface area contributed by atoms with E-state index in [1.54, 1.807) is 11.0 Å². The molecule has 2 N–H and O–H groups in total. The minimum atomic E-state index is -0.00799. The summed E-state index contributed by atoms with van der Waals surface area (Å²) in [5, 5.41) is 4.06. The standard InChI is InChI=1S/C11H23N5/c1-6-11(2,15(3)4)9(12)7-10-13-8-14-16(10)5/h8-9H,6-7,12H2,1-5H3. The van der Waals surface area contributed by atoms with Crippen molar-refractivity contribution in [3.8, 4) is 0 Å². The van der Waals surface area contributed by atoms with Crippen LogP contribution >= 0.6 is 0 Å². The molecule has 0 saturated heterocycles. The Balaban J connectivity index is 2.78. The SMILES string of the molecule is CCC(C)(C(N)Cc1ncnn1C)N(C)C. The van der Waals surface area contributed by atoms with Crippen LogP contribution in [0.2, 0.25) is 0 Å². The summed E-state index contributed by atoms with van der Waals surface area (Å²) in [6, 6.07) is 0.0513. The molecule has 0 amide bonds. The van der Waals surface area contributed by atoms with Crippen molar-refractivity contribution in [2.24, 2.45) is 12.8 Å². The Bertz CT molecular complexity index is 333. The van der Waals surface area contributed by atoms with Gasteiger partial charge in [0.25, 0.3) is 0 Å². The van der Waals surface area contributed by atoms with Crippen LogP contribution in [0.3, 0.4) is 0 Å². The molecule has 1 rings (SSSR count). The van der Waals surface area contributed by atoms with Crippen LogP contribution in [0.15, 0.2) is 6.33 Å². The Hall–Kier alpha value is -0.940. The predicted octanol–water partition coefficient (Wildman–Crippen LogP) is 0.415. The van der Waals surface area contributed by atoms with Gasteiger partial charge in [-0.3, -0.25) is 4.68 Å². The average Bonchev–Trinajstić information content (AvgIpc) is 2.62. The largest absolute Gasteiger partial charge is 0.326 e. The van der Waals surface area contributed by atoms with Gasteiger partial charge >= 0.3 is 0 Å². The third-order valence-corrected chi connectivity index (χ3v) is 3.74. The van der Waals surface area contributed by atoms with Crippen molar-refractivity contribution in [3.05, 3.63) is 12.2 Å². The van der Waals surface area contributed by atoms with Crippen molar-refractivity contribution in [1.29, 1.82) is 0 Å². The molecule has 5 heteroatoms. The van der Waals surface area contributed by atoms with E-state index >= 15 is 0 Å². The topological polar surface area (TPSA) is 60.0 Å². The molecule has 92 valence electrons. The molecule has 0 aromatic carbocycles. The average molecular weight is 225 g/mol. The highest BCUT2D eigenvalue weighted by Gasteiger charge is 2.32. The Morgan fingerprint density at radius 3 is 2.56 bits per heavy atom. The number of hydrogen-bond donors (Lipinski definition) is 1. The van der Waals surface area contributed by atoms with E-state index in [2.05, 4.69) is 42.9 Å². The Morgan fingerprint density at radius 1 is 1.56 bits per heavy atom. The fraction of sp³-hybridized carbons (Fsp3) is 0.818. The molecule has 0 aliphatic carbocycles. The van der Waals surface area contributed by atoms with Crippen LogP contribution < -0.4 is 5.73 Å². The molecule has 0 radical (unpaired) electrons. The van der Waals surface area contributed by atoms with E-state index in [0.29, 0.717) is 0 Å². The number of likely N-dealkylation sites (N-methyl/N-ethyl adjacent to an activating group) is 1. The second-order valence-electron chi connectivity index (χ2n) is 4.72. The van der Waals surface area contributed by atoms with Crippen LogP contribution in [0.25, 0.3) is 0 Å². The molecule has 2 atom stereocenters. The number of aryl methyl sites for hydroxylation is 1. The highest BCUT2D eigenvalue weighted by Crippen LogP contribution is 2.21. The van der Waals surface area contributed by atoms with E-state index in [0.717, 1.165) is 18.7 Å². The molecule has 0 spiro atoms. The fourth-order valence-corrected chi connectivity index (χ4v) is 1.83. The lowest BCUT2D eigenvalue weighted by molar-refractivity contribution is 0.130. The first-order valence-corrected chi connectivity index (χ1v) is 5.67. The van der Waals surface area contributed by atoms with Crippen LogP contribution in [0.1, 0.15) is 26.1 Å². The summed E-state index contributed by atoms with van der Waals surface area (Å²) in [6.45, 7) is 4.35. The molecule has 0 aliphatic heterocycles. The van der Waals surface area contributed by atoms with Crippen molar-refractivity contribution < 1.29 is 0 Å². The second-order valence-corrected chi connectivity index (χ2v) is 4.72. The van der Waals surface area contributed by atoms with Crippen molar-refractivity contribution in [2.75, 3.05) is 14.1 Å². The predicted molar refractivity (Wildman–Crippen MR) is 65.1 cm³/mol. The smallest absolute Gasteiger partial charge is 0.138 e. The lowest BCUT2D eigenvalue weighted by Crippen LogP contribution is -2.56. The Kier molecular flexibility index (Phi) is 4.04. The highest BCUT2D eigenvalue weighted by molar-refractivity contribution is 4.99. The molecule has 0 bridgehead atoms. The third-order valence-electron chi connectivity index (χ3n) is 3.74. The van der Waals surface area contributed by atoms with Crippen LogP contribution in [0.4, 0.5) is 0 Å². The second kappa shape index (κ2) is 4.93. The molecule has 5 nitrogen and oxygen atoms in total. The van der Waals surface area contributed by atoms with Crippen molar-refractivity contribution >= 4 is 0 Å². The van der Waals surface area contributed by atoms with Crippen LogP contribution in [-0.4, -0.2) is 45.3 Å². The van der Waals surface area contributed by atoms with Gasteiger partial charge in [0.2, 0.25) is 0 Å². The van der Waals surface area contributed by atoms with Gasteiger partial charge in [0, 0.05) is 25.0 Å². The molecule has 0 aliphatic rings. The van der Waals surface area contributed by atoms with E-state index < -0.39 is 0 Å². The van der Waals surface area contributed by atoms with Crippen molar-refractivity contribution in [3.63, 3.8) is 0 Å². The maximum absolute atomic E-state index is 6.30. The van der Waals surface area contributed by atoms with Crippen LogP contribution in [-0.2, 0) is 13.5 Å². The summed E-state index contributed by atoms with van der Waals surface area (Å²) in [5.74, 6) is 0.939. The summed E-state index contributed by atoms with van der Waals surface area (Å²) in [5.41, 5.74) is 6.29. The molecular formula is C11H23N5. The zero-order chi connectivity index (χ0) is 12.3. The van der Waals surface area contributed by atoms with Gasteiger partial charge in [-0.05, 0) is 27.4 Å². The summed E-state index contributed by atoms with van der Waals surface area (Å²) < 4.78 is 1.78. The molecular weight excluding hydrogens is 202 g/mol. The summed E-state index contributed by atoms with van der Waals surface area (Å²) in [6.07, 6.45) is 3.33. The van der Waals surface area contributed by atoms with Crippen LogP contribution in [0.5, 0.6) is 0 Å². The molecule has 1 heterocycles. The minimum absolute atomic E-state index is 0.00799. The fourth-order valence-electron chi connectivity index (χ4n) is 1.83. The molecule has 2 unspecified atom stereocenters. The first kappa shape index (κ1) is 13.1. The summed E-state index contributed by atoms with van der Waals surface area (Å²) in [7, 11) is 6.04. The Morgan fingerprint density at radius 2 is 2.19 bits per heavy atom. The van der Waals surface area contributed by atoms with Crippen LogP contribution in [0, 0.1) is 0 Å². The van der Waals surface area contributed by atoms with E-state index in [9.17, 15) is 0 Å².